The molecule has 15 heavy (non-hydrogen) atoms. The Morgan fingerprint density at radius 1 is 0.933 bits per heavy atom. The summed E-state index contributed by atoms with van der Waals surface area (Å²) in [5, 5.41) is 0. The predicted octanol–water partition coefficient (Wildman–Crippen LogP) is 3.10. The van der Waals surface area contributed by atoms with Gasteiger partial charge in [0.25, 0.3) is 0 Å². The molecule has 2 aromatic rings. The van der Waals surface area contributed by atoms with E-state index in [1.165, 1.54) is 5.56 Å². The summed E-state index contributed by atoms with van der Waals surface area (Å²) in [7, 11) is 0. The van der Waals surface area contributed by atoms with Crippen molar-refractivity contribution in [3.05, 3.63) is 54.1 Å². The molecule has 0 aliphatic rings. The van der Waals surface area contributed by atoms with Gasteiger partial charge in [-0.2, -0.15) is 0 Å². The van der Waals surface area contributed by atoms with E-state index in [1.54, 1.807) is 0 Å². The maximum atomic E-state index is 5.55. The second kappa shape index (κ2) is 4.51. The normalized spacial score (nSPS) is 10.3. The van der Waals surface area contributed by atoms with Crippen molar-refractivity contribution in [2.45, 2.75) is 11.4 Å². The van der Waals surface area contributed by atoms with E-state index in [2.05, 4.69) is 43.0 Å². The highest BCUT2D eigenvalue weighted by Gasteiger charge is 2.00. The summed E-state index contributed by atoms with van der Waals surface area (Å²) >= 11 is 4.43. The Morgan fingerprint density at radius 3 is 2.20 bits per heavy atom. The van der Waals surface area contributed by atoms with Crippen LogP contribution in [-0.4, -0.2) is 0 Å². The molecule has 2 aromatic carbocycles. The van der Waals surface area contributed by atoms with Gasteiger partial charge in [0.1, 0.15) is 0 Å². The van der Waals surface area contributed by atoms with Crippen molar-refractivity contribution < 1.29 is 0 Å². The molecule has 0 amide bonds. The lowest BCUT2D eigenvalue weighted by molar-refractivity contribution is 1.07. The molecule has 0 saturated heterocycles. The molecule has 0 aromatic heterocycles. The first-order valence-corrected chi connectivity index (χ1v) is 5.33. The van der Waals surface area contributed by atoms with Crippen LogP contribution in [0.4, 0.5) is 0 Å². The molecule has 1 nitrogen and oxygen atoms in total. The van der Waals surface area contributed by atoms with Gasteiger partial charge in [0.05, 0.1) is 0 Å². The Balaban J connectivity index is 2.42. The number of nitrogens with two attached hydrogens (primary N) is 1. The second-order valence-electron chi connectivity index (χ2n) is 3.42. The lowest BCUT2D eigenvalue weighted by Crippen LogP contribution is -1.95. The molecule has 2 heteroatoms. The van der Waals surface area contributed by atoms with Gasteiger partial charge in [0.15, 0.2) is 0 Å². The molecule has 0 aliphatic carbocycles. The van der Waals surface area contributed by atoms with Crippen molar-refractivity contribution in [1.82, 2.24) is 0 Å². The van der Waals surface area contributed by atoms with Crippen molar-refractivity contribution in [2.24, 2.45) is 5.73 Å². The van der Waals surface area contributed by atoms with Crippen molar-refractivity contribution in [3.63, 3.8) is 0 Å². The van der Waals surface area contributed by atoms with E-state index in [4.69, 9.17) is 5.73 Å². The molecule has 2 N–H and O–H groups in total. The van der Waals surface area contributed by atoms with Crippen LogP contribution in [0.3, 0.4) is 0 Å². The third-order valence-corrected chi connectivity index (χ3v) is 2.79. The van der Waals surface area contributed by atoms with Gasteiger partial charge in [-0.05, 0) is 22.8 Å². The van der Waals surface area contributed by atoms with E-state index in [-0.39, 0.29) is 0 Å². The number of thiol groups is 1. The van der Waals surface area contributed by atoms with Gasteiger partial charge in [-0.15, -0.1) is 12.6 Å². The zero-order valence-electron chi connectivity index (χ0n) is 8.35. The third kappa shape index (κ3) is 2.22. The summed E-state index contributed by atoms with van der Waals surface area (Å²) in [6.07, 6.45) is 0. The van der Waals surface area contributed by atoms with Gasteiger partial charge >= 0.3 is 0 Å². The Kier molecular flexibility index (Phi) is 3.09. The highest BCUT2D eigenvalue weighted by molar-refractivity contribution is 7.80. The van der Waals surface area contributed by atoms with Crippen LogP contribution in [0.5, 0.6) is 0 Å². The van der Waals surface area contributed by atoms with Crippen molar-refractivity contribution >= 4 is 12.6 Å². The first-order valence-electron chi connectivity index (χ1n) is 4.88. The smallest absolute Gasteiger partial charge is 0.0178 e. The fourth-order valence-corrected chi connectivity index (χ4v) is 1.83. The SMILES string of the molecule is NCc1ccc(-c2ccccc2S)cc1. The fraction of sp³-hybridized carbons (Fsp3) is 0.0769. The summed E-state index contributed by atoms with van der Waals surface area (Å²) in [5.74, 6) is 0. The third-order valence-electron chi connectivity index (χ3n) is 2.40. The minimum atomic E-state index is 0.586. The molecular weight excluding hydrogens is 202 g/mol. The first-order chi connectivity index (χ1) is 7.31. The van der Waals surface area contributed by atoms with Gasteiger partial charge in [0.2, 0.25) is 0 Å². The van der Waals surface area contributed by atoms with E-state index in [9.17, 15) is 0 Å². The quantitative estimate of drug-likeness (QED) is 0.740. The lowest BCUT2D eigenvalue weighted by Gasteiger charge is -2.05. The van der Waals surface area contributed by atoms with Crippen molar-refractivity contribution in [1.29, 1.82) is 0 Å². The molecule has 0 radical (unpaired) electrons. The molecule has 2 rings (SSSR count). The molecule has 0 unspecified atom stereocenters. The predicted molar refractivity (Wildman–Crippen MR) is 67.0 cm³/mol. The lowest BCUT2D eigenvalue weighted by atomic mass is 10.0. The number of hydrogen-bond acceptors (Lipinski definition) is 2. The molecule has 0 atom stereocenters. The minimum absolute atomic E-state index is 0.586. The van der Waals surface area contributed by atoms with E-state index >= 15 is 0 Å². The molecular formula is C13H13NS. The summed E-state index contributed by atoms with van der Waals surface area (Å²) < 4.78 is 0. The van der Waals surface area contributed by atoms with Gasteiger partial charge in [-0.1, -0.05) is 42.5 Å². The van der Waals surface area contributed by atoms with Gasteiger partial charge < -0.3 is 5.73 Å². The second-order valence-corrected chi connectivity index (χ2v) is 3.90. The number of benzene rings is 2. The molecule has 0 fully saturated rings. The average Bonchev–Trinajstić information content (AvgIpc) is 2.30. The molecule has 0 spiro atoms. The molecule has 0 bridgehead atoms. The van der Waals surface area contributed by atoms with Crippen LogP contribution in [0.2, 0.25) is 0 Å². The maximum absolute atomic E-state index is 5.55. The van der Waals surface area contributed by atoms with Gasteiger partial charge in [-0.3, -0.25) is 0 Å². The topological polar surface area (TPSA) is 26.0 Å². The van der Waals surface area contributed by atoms with Crippen LogP contribution in [-0.2, 0) is 6.54 Å². The highest BCUT2D eigenvalue weighted by Crippen LogP contribution is 2.26. The van der Waals surface area contributed by atoms with Gasteiger partial charge in [-0.25, -0.2) is 0 Å². The molecule has 76 valence electrons. The summed E-state index contributed by atoms with van der Waals surface area (Å²) in [6, 6.07) is 16.3. The summed E-state index contributed by atoms with van der Waals surface area (Å²) in [4.78, 5) is 0.998. The first kappa shape index (κ1) is 10.3. The Hall–Kier alpha value is -1.25. The molecule has 0 heterocycles. The Bertz CT molecular complexity index is 448. The van der Waals surface area contributed by atoms with Crippen LogP contribution in [0.1, 0.15) is 5.56 Å². The maximum Gasteiger partial charge on any atom is 0.0178 e. The van der Waals surface area contributed by atoms with Crippen LogP contribution >= 0.6 is 12.6 Å². The summed E-state index contributed by atoms with van der Waals surface area (Å²) in [6.45, 7) is 0.586. The van der Waals surface area contributed by atoms with E-state index in [1.807, 2.05) is 18.2 Å². The van der Waals surface area contributed by atoms with Crippen LogP contribution in [0, 0.1) is 0 Å². The Labute approximate surface area is 95.3 Å². The average molecular weight is 215 g/mol. The largest absolute Gasteiger partial charge is 0.326 e. The zero-order valence-corrected chi connectivity index (χ0v) is 9.24. The van der Waals surface area contributed by atoms with Crippen molar-refractivity contribution in [3.8, 4) is 11.1 Å². The number of hydrogen-bond donors (Lipinski definition) is 2. The summed E-state index contributed by atoms with van der Waals surface area (Å²) in [5.41, 5.74) is 9.04. The van der Waals surface area contributed by atoms with Crippen LogP contribution in [0.25, 0.3) is 11.1 Å². The molecule has 0 saturated carbocycles. The van der Waals surface area contributed by atoms with E-state index in [0.717, 1.165) is 16.0 Å². The Morgan fingerprint density at radius 2 is 1.60 bits per heavy atom. The van der Waals surface area contributed by atoms with Gasteiger partial charge in [0, 0.05) is 11.4 Å². The highest BCUT2D eigenvalue weighted by atomic mass is 32.1. The van der Waals surface area contributed by atoms with Crippen molar-refractivity contribution in [2.75, 3.05) is 0 Å². The molecule has 0 aliphatic heterocycles. The fourth-order valence-electron chi connectivity index (χ4n) is 1.54. The van der Waals surface area contributed by atoms with E-state index < -0.39 is 0 Å². The van der Waals surface area contributed by atoms with Crippen LogP contribution < -0.4 is 5.73 Å². The standard InChI is InChI=1S/C13H13NS/c14-9-10-5-7-11(8-6-10)12-3-1-2-4-13(12)15/h1-8,15H,9,14H2. The van der Waals surface area contributed by atoms with Crippen LogP contribution in [0.15, 0.2) is 53.4 Å². The number of rotatable bonds is 2. The zero-order chi connectivity index (χ0) is 10.7. The van der Waals surface area contributed by atoms with E-state index in [0.29, 0.717) is 6.54 Å². The minimum Gasteiger partial charge on any atom is -0.326 e. The monoisotopic (exact) mass is 215 g/mol.